The van der Waals surface area contributed by atoms with Gasteiger partial charge >= 0.3 is 0 Å². The van der Waals surface area contributed by atoms with Gasteiger partial charge in [-0.05, 0) is 33.3 Å². The van der Waals surface area contributed by atoms with Gasteiger partial charge in [-0.1, -0.05) is 11.6 Å². The highest BCUT2D eigenvalue weighted by Crippen LogP contribution is 2.02. The van der Waals surface area contributed by atoms with E-state index in [-0.39, 0.29) is 0 Å². The molecule has 0 spiro atoms. The highest BCUT2D eigenvalue weighted by Gasteiger charge is 1.88. The average molecular weight is 184 g/mol. The molecule has 2 nitrogen and oxygen atoms in total. The maximum atomic E-state index is 5.28. The molecular weight excluding hydrogens is 164 g/mol. The molecule has 0 unspecified atom stereocenters. The van der Waals surface area contributed by atoms with E-state index in [0.717, 1.165) is 25.4 Å². The minimum Gasteiger partial charge on any atom is -0.499 e. The van der Waals surface area contributed by atoms with Crippen LogP contribution in [-0.4, -0.2) is 20.3 Å². The summed E-state index contributed by atoms with van der Waals surface area (Å²) in [5.74, 6) is 0.958. The van der Waals surface area contributed by atoms with E-state index >= 15 is 0 Å². The van der Waals surface area contributed by atoms with Gasteiger partial charge in [-0.25, -0.2) is 0 Å². The second-order valence-corrected chi connectivity index (χ2v) is 2.97. The molecule has 0 aliphatic rings. The second kappa shape index (κ2) is 7.87. The summed E-state index contributed by atoms with van der Waals surface area (Å²) in [7, 11) is 1.72. The minimum absolute atomic E-state index is 0.729. The van der Waals surface area contributed by atoms with Crippen LogP contribution in [0.2, 0.25) is 0 Å². The molecule has 76 valence electrons. The van der Waals surface area contributed by atoms with Gasteiger partial charge < -0.3 is 9.47 Å². The molecule has 0 saturated carbocycles. The molecule has 13 heavy (non-hydrogen) atoms. The maximum Gasteiger partial charge on any atom is 0.0928 e. The maximum absolute atomic E-state index is 5.28. The van der Waals surface area contributed by atoms with E-state index in [4.69, 9.17) is 9.47 Å². The third kappa shape index (κ3) is 7.60. The van der Waals surface area contributed by atoms with Gasteiger partial charge in [0.15, 0.2) is 0 Å². The molecule has 0 radical (unpaired) electrons. The molecule has 0 aromatic rings. The molecule has 0 heterocycles. The molecule has 0 aliphatic carbocycles. The van der Waals surface area contributed by atoms with E-state index in [1.54, 1.807) is 7.11 Å². The summed E-state index contributed by atoms with van der Waals surface area (Å²) in [6.45, 7) is 7.55. The van der Waals surface area contributed by atoms with Gasteiger partial charge in [-0.2, -0.15) is 0 Å². The van der Waals surface area contributed by atoms with E-state index < -0.39 is 0 Å². The first-order chi connectivity index (χ1) is 6.20. The fraction of sp³-hybridized carbons (Fsp3) is 0.636. The van der Waals surface area contributed by atoms with Crippen molar-refractivity contribution >= 4 is 0 Å². The molecule has 0 N–H and O–H groups in total. The van der Waals surface area contributed by atoms with Crippen LogP contribution in [0.1, 0.15) is 27.2 Å². The van der Waals surface area contributed by atoms with Gasteiger partial charge in [0, 0.05) is 13.7 Å². The Kier molecular flexibility index (Phi) is 7.41. The van der Waals surface area contributed by atoms with Gasteiger partial charge in [0.1, 0.15) is 0 Å². The van der Waals surface area contributed by atoms with Crippen molar-refractivity contribution < 1.29 is 9.47 Å². The second-order valence-electron chi connectivity index (χ2n) is 2.97. The number of hydrogen-bond donors (Lipinski definition) is 0. The van der Waals surface area contributed by atoms with Crippen molar-refractivity contribution in [1.82, 2.24) is 0 Å². The Morgan fingerprint density at radius 2 is 1.92 bits per heavy atom. The van der Waals surface area contributed by atoms with Crippen molar-refractivity contribution in [2.75, 3.05) is 20.3 Å². The lowest BCUT2D eigenvalue weighted by molar-refractivity contribution is 0.202. The predicted octanol–water partition coefficient (Wildman–Crippen LogP) is 2.91. The lowest BCUT2D eigenvalue weighted by atomic mass is 10.2. The van der Waals surface area contributed by atoms with E-state index in [0.29, 0.717) is 0 Å². The van der Waals surface area contributed by atoms with Gasteiger partial charge in [-0.3, -0.25) is 0 Å². The van der Waals surface area contributed by atoms with Gasteiger partial charge in [0.2, 0.25) is 0 Å². The molecule has 0 amide bonds. The van der Waals surface area contributed by atoms with E-state index in [1.807, 2.05) is 19.9 Å². The van der Waals surface area contributed by atoms with Crippen molar-refractivity contribution in [2.45, 2.75) is 27.2 Å². The fourth-order valence-electron chi connectivity index (χ4n) is 0.882. The third-order valence-electron chi connectivity index (χ3n) is 1.68. The summed E-state index contributed by atoms with van der Waals surface area (Å²) in [6.07, 6.45) is 5.05. The minimum atomic E-state index is 0.729. The molecule has 0 fully saturated rings. The molecule has 0 bridgehead atoms. The molecule has 0 saturated heterocycles. The van der Waals surface area contributed by atoms with E-state index in [9.17, 15) is 0 Å². The summed E-state index contributed by atoms with van der Waals surface area (Å²) in [5, 5.41) is 0. The van der Waals surface area contributed by atoms with Gasteiger partial charge in [-0.15, -0.1) is 0 Å². The molecular formula is C11H20O2. The van der Waals surface area contributed by atoms with Gasteiger partial charge in [0.25, 0.3) is 0 Å². The van der Waals surface area contributed by atoms with Crippen molar-refractivity contribution in [1.29, 1.82) is 0 Å². The topological polar surface area (TPSA) is 18.5 Å². The Morgan fingerprint density at radius 3 is 2.46 bits per heavy atom. The molecule has 0 aromatic heterocycles. The number of ether oxygens (including phenoxy) is 2. The summed E-state index contributed by atoms with van der Waals surface area (Å²) < 4.78 is 10.3. The van der Waals surface area contributed by atoms with Crippen LogP contribution in [-0.2, 0) is 9.47 Å². The predicted molar refractivity (Wildman–Crippen MR) is 55.6 cm³/mol. The highest BCUT2D eigenvalue weighted by atomic mass is 16.5. The zero-order chi connectivity index (χ0) is 10.1. The van der Waals surface area contributed by atoms with Crippen LogP contribution < -0.4 is 0 Å². The molecule has 0 aliphatic heterocycles. The fourth-order valence-corrected chi connectivity index (χ4v) is 0.882. The van der Waals surface area contributed by atoms with Crippen molar-refractivity contribution in [2.24, 2.45) is 0 Å². The smallest absolute Gasteiger partial charge is 0.0928 e. The van der Waals surface area contributed by atoms with Crippen molar-refractivity contribution in [3.8, 4) is 0 Å². The third-order valence-corrected chi connectivity index (χ3v) is 1.68. The average Bonchev–Trinajstić information content (AvgIpc) is 2.12. The van der Waals surface area contributed by atoms with Crippen LogP contribution in [0.4, 0.5) is 0 Å². The van der Waals surface area contributed by atoms with Crippen molar-refractivity contribution in [3.63, 3.8) is 0 Å². The monoisotopic (exact) mass is 184 g/mol. The molecule has 0 rings (SSSR count). The van der Waals surface area contributed by atoms with Crippen LogP contribution in [0.15, 0.2) is 23.5 Å². The quantitative estimate of drug-likeness (QED) is 0.467. The molecule has 0 atom stereocenters. The van der Waals surface area contributed by atoms with Crippen LogP contribution in [0.25, 0.3) is 0 Å². The summed E-state index contributed by atoms with van der Waals surface area (Å²) in [4.78, 5) is 0. The number of allylic oxidation sites excluding steroid dienone is 3. The number of rotatable bonds is 6. The van der Waals surface area contributed by atoms with E-state index in [2.05, 4.69) is 13.0 Å². The SMILES string of the molecule is CCOC(C)=CC=C(C)CCOC. The Hall–Kier alpha value is -0.760. The molecule has 0 aromatic carbocycles. The van der Waals surface area contributed by atoms with E-state index in [1.165, 1.54) is 5.57 Å². The molecule has 2 heteroatoms. The first kappa shape index (κ1) is 12.2. The summed E-state index contributed by atoms with van der Waals surface area (Å²) in [5.41, 5.74) is 1.31. The largest absolute Gasteiger partial charge is 0.499 e. The number of hydrogen-bond acceptors (Lipinski definition) is 2. The van der Waals surface area contributed by atoms with Crippen LogP contribution in [0.5, 0.6) is 0 Å². The lowest BCUT2D eigenvalue weighted by Crippen LogP contribution is -1.89. The zero-order valence-electron chi connectivity index (χ0n) is 9.09. The first-order valence-corrected chi connectivity index (χ1v) is 4.66. The summed E-state index contributed by atoms with van der Waals surface area (Å²) in [6, 6.07) is 0. The van der Waals surface area contributed by atoms with Crippen LogP contribution >= 0.6 is 0 Å². The standard InChI is InChI=1S/C11H20O2/c1-5-13-11(3)7-6-10(2)8-9-12-4/h6-7H,5,8-9H2,1-4H3. The van der Waals surface area contributed by atoms with Crippen LogP contribution in [0, 0.1) is 0 Å². The first-order valence-electron chi connectivity index (χ1n) is 4.66. The Labute approximate surface area is 81.2 Å². The number of methoxy groups -OCH3 is 1. The Balaban J connectivity index is 3.85. The summed E-state index contributed by atoms with van der Waals surface area (Å²) >= 11 is 0. The zero-order valence-corrected chi connectivity index (χ0v) is 9.09. The lowest BCUT2D eigenvalue weighted by Gasteiger charge is -2.01. The van der Waals surface area contributed by atoms with Crippen LogP contribution in [0.3, 0.4) is 0 Å². The Morgan fingerprint density at radius 1 is 1.23 bits per heavy atom. The van der Waals surface area contributed by atoms with Gasteiger partial charge in [0.05, 0.1) is 12.4 Å². The normalized spacial score (nSPS) is 13.2. The highest BCUT2D eigenvalue weighted by molar-refractivity contribution is 5.12. The van der Waals surface area contributed by atoms with Crippen molar-refractivity contribution in [3.05, 3.63) is 23.5 Å². The Bertz CT molecular complexity index is 181.